The fourth-order valence-electron chi connectivity index (χ4n) is 1.55. The fraction of sp³-hybridized carbons (Fsp3) is 0.444. The molecule has 0 aliphatic carbocycles. The third kappa shape index (κ3) is 2.21. The summed E-state index contributed by atoms with van der Waals surface area (Å²) in [5.41, 5.74) is 1.22. The third-order valence-electron chi connectivity index (χ3n) is 2.28. The van der Waals surface area contributed by atoms with Crippen LogP contribution in [0.2, 0.25) is 0 Å². The molecule has 72 valence electrons. The van der Waals surface area contributed by atoms with Crippen molar-refractivity contribution in [2.45, 2.75) is 13.0 Å². The maximum absolute atomic E-state index is 10.7. The number of hydrogen-bond donors (Lipinski definition) is 1. The number of nitrogens with zero attached hydrogens (tertiary/aromatic N) is 1. The van der Waals surface area contributed by atoms with E-state index in [4.69, 9.17) is 5.11 Å². The van der Waals surface area contributed by atoms with Crippen LogP contribution in [0.3, 0.4) is 0 Å². The fourth-order valence-corrected chi connectivity index (χ4v) is 2.68. The van der Waals surface area contributed by atoms with E-state index >= 15 is 0 Å². The monoisotopic (exact) mass is 205 g/mol. The molecule has 1 aromatic rings. The third-order valence-corrected chi connectivity index (χ3v) is 3.43. The summed E-state index contributed by atoms with van der Waals surface area (Å²) in [6, 6.07) is 1.81. The van der Waals surface area contributed by atoms with E-state index in [9.17, 15) is 4.79 Å². The van der Waals surface area contributed by atoms with Gasteiger partial charge in [-0.1, -0.05) is 0 Å². The number of rotatable bonds is 1. The molecule has 2 rings (SSSR count). The van der Waals surface area contributed by atoms with Crippen LogP contribution in [0.15, 0.2) is 6.07 Å². The zero-order valence-corrected chi connectivity index (χ0v) is 8.23. The number of carbonyl (C=O) groups is 1. The van der Waals surface area contributed by atoms with Crippen LogP contribution in [-0.2, 0) is 13.0 Å². The second-order valence-corrected chi connectivity index (χ2v) is 4.49. The van der Waals surface area contributed by atoms with Crippen LogP contribution in [0.25, 0.3) is 0 Å². The molecular formula is C9H12LiNO2S. The molecular weight excluding hydrogens is 193 g/mol. The Balaban J connectivity index is 0.000000980. The van der Waals surface area contributed by atoms with Crippen LogP contribution < -0.4 is 0 Å². The summed E-state index contributed by atoms with van der Waals surface area (Å²) in [7, 11) is 2.06. The van der Waals surface area contributed by atoms with Gasteiger partial charge in [0.2, 0.25) is 0 Å². The van der Waals surface area contributed by atoms with E-state index in [1.54, 1.807) is 0 Å². The molecule has 0 fully saturated rings. The van der Waals surface area contributed by atoms with Gasteiger partial charge in [0.1, 0.15) is 4.88 Å². The molecule has 0 saturated heterocycles. The average molecular weight is 205 g/mol. The molecule has 0 unspecified atom stereocenters. The Morgan fingerprint density at radius 2 is 2.36 bits per heavy atom. The summed E-state index contributed by atoms with van der Waals surface area (Å²) in [5, 5.41) is 8.80. The Morgan fingerprint density at radius 3 is 3.00 bits per heavy atom. The standard InChI is InChI=1S/C9H11NO2S.Li.H/c1-10-3-2-6-4-7(9(11)12)13-8(6)5-10;;/h4H,2-3,5H2,1H3,(H,11,12);;. The predicted molar refractivity (Wildman–Crippen MR) is 58.5 cm³/mol. The topological polar surface area (TPSA) is 40.5 Å². The van der Waals surface area contributed by atoms with Gasteiger partial charge >= 0.3 is 24.8 Å². The van der Waals surface area contributed by atoms with E-state index in [1.807, 2.05) is 6.07 Å². The van der Waals surface area contributed by atoms with E-state index in [1.165, 1.54) is 21.8 Å². The number of carboxylic acids is 1. The molecule has 3 nitrogen and oxygen atoms in total. The molecule has 1 aliphatic rings. The Bertz CT molecular complexity index is 351. The molecule has 0 amide bonds. The van der Waals surface area contributed by atoms with E-state index in [0.717, 1.165) is 19.5 Å². The van der Waals surface area contributed by atoms with Crippen LogP contribution in [0.1, 0.15) is 20.1 Å². The Kier molecular flexibility index (Phi) is 3.79. The number of aromatic carboxylic acids is 1. The van der Waals surface area contributed by atoms with Gasteiger partial charge in [0.15, 0.2) is 0 Å². The molecule has 0 aromatic carbocycles. The first-order valence-electron chi connectivity index (χ1n) is 4.20. The average Bonchev–Trinajstić information content (AvgIpc) is 2.46. The summed E-state index contributed by atoms with van der Waals surface area (Å²) < 4.78 is 0. The van der Waals surface area contributed by atoms with Crippen molar-refractivity contribution in [3.63, 3.8) is 0 Å². The summed E-state index contributed by atoms with van der Waals surface area (Å²) >= 11 is 1.41. The van der Waals surface area contributed by atoms with Crippen molar-refractivity contribution >= 4 is 36.2 Å². The van der Waals surface area contributed by atoms with Gasteiger partial charge in [-0.2, -0.15) is 0 Å². The molecule has 5 heteroatoms. The first-order valence-corrected chi connectivity index (χ1v) is 5.02. The van der Waals surface area contributed by atoms with E-state index < -0.39 is 5.97 Å². The number of carboxylic acid groups (broad SMARTS) is 1. The number of hydrogen-bond acceptors (Lipinski definition) is 3. The first-order chi connectivity index (χ1) is 6.16. The quantitative estimate of drug-likeness (QED) is 0.689. The second-order valence-electron chi connectivity index (χ2n) is 3.35. The van der Waals surface area contributed by atoms with Crippen molar-refractivity contribution in [2.75, 3.05) is 13.6 Å². The maximum atomic E-state index is 10.7. The van der Waals surface area contributed by atoms with Gasteiger partial charge < -0.3 is 10.0 Å². The van der Waals surface area contributed by atoms with Gasteiger partial charge in [0.05, 0.1) is 0 Å². The molecule has 1 N–H and O–H groups in total. The predicted octanol–water partition coefficient (Wildman–Crippen LogP) is 0.786. The molecule has 1 aliphatic heterocycles. The Hall–Kier alpha value is -0.273. The van der Waals surface area contributed by atoms with Gasteiger partial charge in [0.25, 0.3) is 0 Å². The van der Waals surface area contributed by atoms with Crippen LogP contribution in [0.4, 0.5) is 0 Å². The van der Waals surface area contributed by atoms with Crippen molar-refractivity contribution in [1.29, 1.82) is 0 Å². The minimum atomic E-state index is -0.804. The molecule has 14 heavy (non-hydrogen) atoms. The second kappa shape index (κ2) is 4.50. The molecule has 0 atom stereocenters. The number of thiophene rings is 1. The van der Waals surface area contributed by atoms with Crippen molar-refractivity contribution in [2.24, 2.45) is 0 Å². The summed E-state index contributed by atoms with van der Waals surface area (Å²) in [4.78, 5) is 14.6. The molecule has 0 radical (unpaired) electrons. The van der Waals surface area contributed by atoms with E-state index in [-0.39, 0.29) is 18.9 Å². The first kappa shape index (κ1) is 11.8. The van der Waals surface area contributed by atoms with E-state index in [2.05, 4.69) is 11.9 Å². The van der Waals surface area contributed by atoms with Crippen molar-refractivity contribution in [3.05, 3.63) is 21.4 Å². The van der Waals surface area contributed by atoms with Gasteiger partial charge in [-0.25, -0.2) is 4.79 Å². The van der Waals surface area contributed by atoms with Crippen molar-refractivity contribution in [3.8, 4) is 0 Å². The van der Waals surface area contributed by atoms with Gasteiger partial charge in [-0.15, -0.1) is 11.3 Å². The van der Waals surface area contributed by atoms with Gasteiger partial charge in [-0.3, -0.25) is 0 Å². The van der Waals surface area contributed by atoms with Crippen molar-refractivity contribution in [1.82, 2.24) is 4.90 Å². The normalized spacial score (nSPS) is 15.8. The summed E-state index contributed by atoms with van der Waals surface area (Å²) in [5.74, 6) is -0.804. The van der Waals surface area contributed by atoms with E-state index in [0.29, 0.717) is 4.88 Å². The van der Waals surface area contributed by atoms with Gasteiger partial charge in [-0.05, 0) is 25.1 Å². The van der Waals surface area contributed by atoms with Crippen LogP contribution in [0, 0.1) is 0 Å². The molecule has 0 spiro atoms. The Morgan fingerprint density at radius 1 is 1.64 bits per heavy atom. The number of fused-ring (bicyclic) bond motifs is 1. The zero-order chi connectivity index (χ0) is 9.42. The van der Waals surface area contributed by atoms with Crippen LogP contribution >= 0.6 is 11.3 Å². The molecule has 0 bridgehead atoms. The molecule has 0 saturated carbocycles. The zero-order valence-electron chi connectivity index (χ0n) is 7.41. The molecule has 2 heterocycles. The van der Waals surface area contributed by atoms with Crippen LogP contribution in [-0.4, -0.2) is 48.4 Å². The Labute approximate surface area is 98.9 Å². The van der Waals surface area contributed by atoms with Crippen molar-refractivity contribution < 1.29 is 9.90 Å². The minimum absolute atomic E-state index is 0. The SMILES string of the molecule is CN1CCc2cc(C(=O)O)sc2C1.[LiH]. The summed E-state index contributed by atoms with van der Waals surface area (Å²) in [6.07, 6.45) is 0.982. The molecule has 1 aromatic heterocycles. The number of likely N-dealkylation sites (N-methyl/N-ethyl adjacent to an activating group) is 1. The summed E-state index contributed by atoms with van der Waals surface area (Å²) in [6.45, 7) is 1.93. The van der Waals surface area contributed by atoms with Crippen LogP contribution in [0.5, 0.6) is 0 Å². The van der Waals surface area contributed by atoms with Gasteiger partial charge in [0, 0.05) is 18.0 Å².